The first-order valence-electron chi connectivity index (χ1n) is 9.39. The zero-order valence-corrected chi connectivity index (χ0v) is 19.1. The van der Waals surface area contributed by atoms with Crippen LogP contribution in [0.5, 0.6) is 6.01 Å². The number of para-hydroxylation sites is 1. The van der Waals surface area contributed by atoms with Crippen molar-refractivity contribution in [3.05, 3.63) is 76.2 Å². The van der Waals surface area contributed by atoms with Gasteiger partial charge in [-0.3, -0.25) is 4.79 Å². The van der Waals surface area contributed by atoms with Crippen LogP contribution in [0.1, 0.15) is 17.3 Å². The largest absolute Gasteiger partial charge is 0.464 e. The lowest BCUT2D eigenvalue weighted by molar-refractivity contribution is 0.100. The summed E-state index contributed by atoms with van der Waals surface area (Å²) in [5.41, 5.74) is -0.423. The predicted molar refractivity (Wildman–Crippen MR) is 119 cm³/mol. The van der Waals surface area contributed by atoms with Crippen LogP contribution in [-0.2, 0) is 10.0 Å². The summed E-state index contributed by atoms with van der Waals surface area (Å²) in [4.78, 5) is 20.8. The zero-order valence-electron chi connectivity index (χ0n) is 16.8. The lowest BCUT2D eigenvalue weighted by atomic mass is 10.2. The highest BCUT2D eigenvalue weighted by atomic mass is 35.5. The molecular weight excluding hydrogens is 496 g/mol. The average Bonchev–Trinajstić information content (AvgIpc) is 3.22. The number of benzene rings is 2. The maximum absolute atomic E-state index is 13.9. The molecule has 0 N–H and O–H groups in total. The number of fused-ring (bicyclic) bond motifs is 1. The van der Waals surface area contributed by atoms with E-state index in [1.165, 1.54) is 30.3 Å². The Hall–Kier alpha value is -3.28. The highest BCUT2D eigenvalue weighted by Gasteiger charge is 2.38. The van der Waals surface area contributed by atoms with Crippen LogP contribution in [0.2, 0.25) is 10.0 Å². The molecule has 0 atom stereocenters. The molecule has 9 nitrogen and oxygen atoms in total. The molecule has 0 aliphatic rings. The van der Waals surface area contributed by atoms with Crippen molar-refractivity contribution in [1.29, 1.82) is 0 Å². The third kappa shape index (κ3) is 4.22. The maximum Gasteiger partial charge on any atom is 0.322 e. The lowest BCUT2D eigenvalue weighted by Gasteiger charge is -2.23. The standard InChI is InChI=1S/C20H14Cl2FN5O4S/c1-2-32-20-24-15(23)11-16-25-19(26-27(16)20)33(30,31)28(17-13(21)9-6-10-14(17)22)18(29)12-7-4-3-5-8-12/h3-11H,2H2,1H3. The van der Waals surface area contributed by atoms with E-state index in [1.54, 1.807) is 25.1 Å². The number of sulfonamides is 1. The van der Waals surface area contributed by atoms with Gasteiger partial charge in [-0.2, -0.15) is 31.6 Å². The minimum atomic E-state index is -4.79. The zero-order chi connectivity index (χ0) is 23.8. The van der Waals surface area contributed by atoms with Crippen molar-refractivity contribution in [3.63, 3.8) is 0 Å². The van der Waals surface area contributed by atoms with E-state index in [1.807, 2.05) is 0 Å². The number of amides is 1. The fraction of sp³-hybridized carbons (Fsp3) is 0.100. The molecule has 0 fully saturated rings. The lowest BCUT2D eigenvalue weighted by Crippen LogP contribution is -2.38. The van der Waals surface area contributed by atoms with Crippen LogP contribution < -0.4 is 9.04 Å². The van der Waals surface area contributed by atoms with Gasteiger partial charge in [0, 0.05) is 11.6 Å². The van der Waals surface area contributed by atoms with Gasteiger partial charge in [0.1, 0.15) is 0 Å². The van der Waals surface area contributed by atoms with E-state index in [2.05, 4.69) is 15.1 Å². The molecule has 4 aromatic rings. The summed E-state index contributed by atoms with van der Waals surface area (Å²) in [6, 6.07) is 12.5. The van der Waals surface area contributed by atoms with Gasteiger partial charge in [0.25, 0.3) is 11.1 Å². The van der Waals surface area contributed by atoms with Crippen LogP contribution >= 0.6 is 23.2 Å². The predicted octanol–water partition coefficient (Wildman–Crippen LogP) is 4.00. The number of ether oxygens (including phenoxy) is 1. The molecule has 0 saturated carbocycles. The molecule has 0 unspecified atom stereocenters. The van der Waals surface area contributed by atoms with E-state index in [4.69, 9.17) is 27.9 Å². The van der Waals surface area contributed by atoms with Gasteiger partial charge < -0.3 is 4.74 Å². The highest BCUT2D eigenvalue weighted by molar-refractivity contribution is 7.93. The monoisotopic (exact) mass is 509 g/mol. The van der Waals surface area contributed by atoms with Crippen LogP contribution in [0.3, 0.4) is 0 Å². The van der Waals surface area contributed by atoms with Gasteiger partial charge in [-0.05, 0) is 31.2 Å². The smallest absolute Gasteiger partial charge is 0.322 e. The molecule has 2 heterocycles. The number of hydrogen-bond acceptors (Lipinski definition) is 7. The van der Waals surface area contributed by atoms with Crippen LogP contribution in [0.15, 0.2) is 59.8 Å². The quantitative estimate of drug-likeness (QED) is 0.361. The summed E-state index contributed by atoms with van der Waals surface area (Å²) in [5.74, 6) is -1.90. The van der Waals surface area contributed by atoms with Crippen molar-refractivity contribution in [2.75, 3.05) is 10.9 Å². The van der Waals surface area contributed by atoms with Crippen LogP contribution in [0, 0.1) is 5.95 Å². The van der Waals surface area contributed by atoms with E-state index in [0.717, 1.165) is 10.6 Å². The summed E-state index contributed by atoms with van der Waals surface area (Å²) in [6.45, 7) is 1.74. The number of anilines is 1. The van der Waals surface area contributed by atoms with Crippen molar-refractivity contribution in [1.82, 2.24) is 19.6 Å². The molecule has 1 amide bonds. The van der Waals surface area contributed by atoms with Gasteiger partial charge >= 0.3 is 16.0 Å². The van der Waals surface area contributed by atoms with Crippen LogP contribution in [0.25, 0.3) is 5.65 Å². The Labute approximate surface area is 197 Å². The minimum absolute atomic E-state index is 0.0449. The molecule has 4 rings (SSSR count). The number of carbonyl (C=O) groups is 1. The minimum Gasteiger partial charge on any atom is -0.464 e. The molecule has 170 valence electrons. The Morgan fingerprint density at radius 1 is 1.09 bits per heavy atom. The Bertz CT molecular complexity index is 1440. The third-order valence-corrected chi connectivity index (χ3v) is 6.41. The highest BCUT2D eigenvalue weighted by Crippen LogP contribution is 2.37. The summed E-state index contributed by atoms with van der Waals surface area (Å²) >= 11 is 12.5. The van der Waals surface area contributed by atoms with Crippen molar-refractivity contribution in [2.45, 2.75) is 12.1 Å². The summed E-state index contributed by atoms with van der Waals surface area (Å²) < 4.78 is 47.8. The molecule has 0 aliphatic heterocycles. The number of halogens is 3. The first-order chi connectivity index (χ1) is 15.7. The molecule has 0 saturated heterocycles. The first-order valence-corrected chi connectivity index (χ1v) is 11.6. The average molecular weight is 510 g/mol. The van der Waals surface area contributed by atoms with E-state index in [9.17, 15) is 17.6 Å². The van der Waals surface area contributed by atoms with Gasteiger partial charge in [-0.15, -0.1) is 5.10 Å². The van der Waals surface area contributed by atoms with Gasteiger partial charge in [0.15, 0.2) is 5.65 Å². The molecular formula is C20H14Cl2FN5O4S. The van der Waals surface area contributed by atoms with Gasteiger partial charge in [0.05, 0.1) is 22.3 Å². The summed E-state index contributed by atoms with van der Waals surface area (Å²) in [5, 5.41) is 2.91. The maximum atomic E-state index is 13.9. The Balaban J connectivity index is 1.95. The van der Waals surface area contributed by atoms with Crippen molar-refractivity contribution in [3.8, 4) is 6.01 Å². The molecule has 13 heteroatoms. The van der Waals surface area contributed by atoms with E-state index >= 15 is 0 Å². The Morgan fingerprint density at radius 2 is 1.76 bits per heavy atom. The molecule has 2 aromatic carbocycles. The van der Waals surface area contributed by atoms with E-state index in [-0.39, 0.29) is 39.6 Å². The SMILES string of the molecule is CCOc1nc(F)cc2nc(S(=O)(=O)N(C(=O)c3ccccc3)c3c(Cl)cccc3Cl)nn12. The number of rotatable bonds is 6. The van der Waals surface area contributed by atoms with E-state index < -0.39 is 27.0 Å². The molecule has 0 radical (unpaired) electrons. The third-order valence-electron chi connectivity index (χ3n) is 4.33. The van der Waals surface area contributed by atoms with Crippen LogP contribution in [-0.4, -0.2) is 40.5 Å². The fourth-order valence-corrected chi connectivity index (χ4v) is 4.93. The number of aromatic nitrogens is 4. The van der Waals surface area contributed by atoms with Crippen molar-refractivity contribution in [2.24, 2.45) is 0 Å². The van der Waals surface area contributed by atoms with Crippen molar-refractivity contribution < 1.29 is 22.3 Å². The van der Waals surface area contributed by atoms with Gasteiger partial charge in [-0.25, -0.2) is 0 Å². The summed E-state index contributed by atoms with van der Waals surface area (Å²) in [7, 11) is -4.79. The Morgan fingerprint density at radius 3 is 2.39 bits per heavy atom. The molecule has 0 spiro atoms. The topological polar surface area (TPSA) is 107 Å². The normalized spacial score (nSPS) is 11.5. The summed E-state index contributed by atoms with van der Waals surface area (Å²) in [6.07, 6.45) is 0. The molecule has 33 heavy (non-hydrogen) atoms. The van der Waals surface area contributed by atoms with Gasteiger partial charge in [-0.1, -0.05) is 47.5 Å². The fourth-order valence-electron chi connectivity index (χ4n) is 2.94. The first kappa shape index (κ1) is 22.9. The van der Waals surface area contributed by atoms with Gasteiger partial charge in [0.2, 0.25) is 5.95 Å². The second-order valence-electron chi connectivity index (χ2n) is 6.47. The second-order valence-corrected chi connectivity index (χ2v) is 8.96. The molecule has 2 aromatic heterocycles. The number of hydrogen-bond donors (Lipinski definition) is 0. The number of nitrogens with zero attached hydrogens (tertiary/aromatic N) is 5. The molecule has 0 aliphatic carbocycles. The molecule has 0 bridgehead atoms. The second kappa shape index (κ2) is 8.93. The number of carbonyl (C=O) groups excluding carboxylic acids is 1. The van der Waals surface area contributed by atoms with Crippen LogP contribution in [0.4, 0.5) is 10.1 Å². The van der Waals surface area contributed by atoms with Crippen molar-refractivity contribution >= 4 is 50.5 Å². The Kier molecular flexibility index (Phi) is 6.19. The van der Waals surface area contributed by atoms with E-state index in [0.29, 0.717) is 4.31 Å².